The fraction of sp³-hybridized carbons (Fsp3) is 0.529. The summed E-state index contributed by atoms with van der Waals surface area (Å²) in [6.07, 6.45) is 1.11. The first-order valence-electron chi connectivity index (χ1n) is 8.38. The monoisotopic (exact) mass is 402 g/mol. The molecule has 1 aliphatic rings. The third kappa shape index (κ3) is 4.88. The second-order valence-corrected chi connectivity index (χ2v) is 9.07. The first-order valence-corrected chi connectivity index (χ1v) is 10.6. The number of amides is 2. The molecule has 0 saturated carbocycles. The van der Waals surface area contributed by atoms with E-state index in [0.717, 1.165) is 0 Å². The molecule has 26 heavy (non-hydrogen) atoms. The fourth-order valence-corrected chi connectivity index (χ4v) is 4.92. The van der Waals surface area contributed by atoms with Crippen LogP contribution >= 0.6 is 11.6 Å². The molecule has 1 fully saturated rings. The number of halogens is 1. The van der Waals surface area contributed by atoms with Gasteiger partial charge in [0.15, 0.2) is 16.4 Å². The van der Waals surface area contributed by atoms with Crippen molar-refractivity contribution in [3.8, 4) is 5.75 Å². The number of carbonyl (C=O) groups excluding carboxylic acids is 2. The van der Waals surface area contributed by atoms with Crippen molar-refractivity contribution in [2.45, 2.75) is 38.8 Å². The van der Waals surface area contributed by atoms with Crippen molar-refractivity contribution in [1.29, 1.82) is 0 Å². The zero-order valence-corrected chi connectivity index (χ0v) is 16.3. The van der Waals surface area contributed by atoms with Crippen LogP contribution in [0, 0.1) is 0 Å². The van der Waals surface area contributed by atoms with E-state index in [1.165, 1.54) is 18.2 Å². The summed E-state index contributed by atoms with van der Waals surface area (Å²) >= 11 is 5.85. The van der Waals surface area contributed by atoms with Gasteiger partial charge in [0.1, 0.15) is 5.75 Å². The Bertz CT molecular complexity index is 796. The minimum atomic E-state index is -3.12. The van der Waals surface area contributed by atoms with Gasteiger partial charge in [0, 0.05) is 17.1 Å². The van der Waals surface area contributed by atoms with Gasteiger partial charge in [-0.2, -0.15) is 0 Å². The van der Waals surface area contributed by atoms with Crippen molar-refractivity contribution in [3.63, 3.8) is 0 Å². The van der Waals surface area contributed by atoms with Gasteiger partial charge in [-0.3, -0.25) is 9.59 Å². The van der Waals surface area contributed by atoms with Crippen LogP contribution in [0.15, 0.2) is 18.2 Å². The number of ether oxygens (including phenoxy) is 1. The number of nitrogens with zero attached hydrogens (tertiary/aromatic N) is 1. The number of nitrogens with two attached hydrogens (primary N) is 1. The van der Waals surface area contributed by atoms with Gasteiger partial charge in [0.05, 0.1) is 17.1 Å². The van der Waals surface area contributed by atoms with Gasteiger partial charge < -0.3 is 15.4 Å². The Kier molecular flexibility index (Phi) is 6.52. The molecule has 144 valence electrons. The molecule has 2 amide bonds. The highest BCUT2D eigenvalue weighted by Crippen LogP contribution is 2.24. The molecule has 1 aromatic rings. The lowest BCUT2D eigenvalue weighted by Crippen LogP contribution is -2.48. The van der Waals surface area contributed by atoms with E-state index >= 15 is 0 Å². The van der Waals surface area contributed by atoms with Crippen molar-refractivity contribution >= 4 is 33.3 Å². The zero-order chi connectivity index (χ0) is 19.5. The predicted molar refractivity (Wildman–Crippen MR) is 99.1 cm³/mol. The molecule has 0 bridgehead atoms. The fourth-order valence-electron chi connectivity index (χ4n) is 3.04. The maximum absolute atomic E-state index is 12.7. The van der Waals surface area contributed by atoms with E-state index in [4.69, 9.17) is 22.1 Å². The highest BCUT2D eigenvalue weighted by atomic mass is 35.5. The highest BCUT2D eigenvalue weighted by molar-refractivity contribution is 7.91. The first kappa shape index (κ1) is 20.5. The quantitative estimate of drug-likeness (QED) is 0.745. The van der Waals surface area contributed by atoms with Crippen molar-refractivity contribution in [2.75, 3.05) is 18.1 Å². The molecule has 2 atom stereocenters. The maximum atomic E-state index is 12.7. The maximum Gasteiger partial charge on any atom is 0.261 e. The summed E-state index contributed by atoms with van der Waals surface area (Å²) in [7, 11) is -3.12. The van der Waals surface area contributed by atoms with Gasteiger partial charge >= 0.3 is 0 Å². The molecule has 2 N–H and O–H groups in total. The van der Waals surface area contributed by atoms with Crippen molar-refractivity contribution in [3.05, 3.63) is 28.8 Å². The first-order chi connectivity index (χ1) is 12.1. The highest BCUT2D eigenvalue weighted by Gasteiger charge is 2.36. The number of primary amides is 1. The van der Waals surface area contributed by atoms with E-state index in [9.17, 15) is 18.0 Å². The molecule has 0 radical (unpaired) electrons. The van der Waals surface area contributed by atoms with Gasteiger partial charge in [-0.05, 0) is 38.0 Å². The Labute approximate surface area is 158 Å². The SMILES string of the molecule is CC[C@@H](C)N(C(=O)COc1ccc(Cl)cc1C(N)=O)[C@@H]1CCS(=O)(=O)C1. The third-order valence-corrected chi connectivity index (χ3v) is 6.50. The van der Waals surface area contributed by atoms with Gasteiger partial charge in [0.25, 0.3) is 11.8 Å². The molecule has 1 aliphatic heterocycles. The molecule has 0 spiro atoms. The van der Waals surface area contributed by atoms with E-state index in [0.29, 0.717) is 17.9 Å². The number of hydrogen-bond acceptors (Lipinski definition) is 5. The molecule has 2 rings (SSSR count). The van der Waals surface area contributed by atoms with E-state index in [-0.39, 0.29) is 47.4 Å². The summed E-state index contributed by atoms with van der Waals surface area (Å²) in [6.45, 7) is 3.49. The van der Waals surface area contributed by atoms with Crippen LogP contribution in [0.5, 0.6) is 5.75 Å². The van der Waals surface area contributed by atoms with Crippen molar-refractivity contribution in [2.24, 2.45) is 5.73 Å². The van der Waals surface area contributed by atoms with E-state index in [1.807, 2.05) is 13.8 Å². The van der Waals surface area contributed by atoms with Gasteiger partial charge in [0.2, 0.25) is 0 Å². The number of sulfone groups is 1. The molecule has 0 aromatic heterocycles. The van der Waals surface area contributed by atoms with E-state index in [1.54, 1.807) is 4.90 Å². The minimum Gasteiger partial charge on any atom is -0.483 e. The number of rotatable bonds is 7. The summed E-state index contributed by atoms with van der Waals surface area (Å²) in [5.41, 5.74) is 5.40. The van der Waals surface area contributed by atoms with E-state index in [2.05, 4.69) is 0 Å². The lowest BCUT2D eigenvalue weighted by atomic mass is 10.1. The second-order valence-electron chi connectivity index (χ2n) is 6.41. The summed E-state index contributed by atoms with van der Waals surface area (Å²) < 4.78 is 29.1. The average molecular weight is 403 g/mol. The Morgan fingerprint density at radius 3 is 2.65 bits per heavy atom. The molecular formula is C17H23ClN2O5S. The Morgan fingerprint density at radius 2 is 2.12 bits per heavy atom. The van der Waals surface area contributed by atoms with Crippen molar-refractivity contribution in [1.82, 2.24) is 4.90 Å². The number of hydrogen-bond donors (Lipinski definition) is 1. The minimum absolute atomic E-state index is 0.0312. The van der Waals surface area contributed by atoms with E-state index < -0.39 is 15.7 Å². The van der Waals surface area contributed by atoms with Gasteiger partial charge in [-0.1, -0.05) is 18.5 Å². The number of carbonyl (C=O) groups is 2. The van der Waals surface area contributed by atoms with Crippen LogP contribution in [-0.2, 0) is 14.6 Å². The molecule has 1 saturated heterocycles. The molecular weight excluding hydrogens is 380 g/mol. The van der Waals surface area contributed by atoms with Crippen LogP contribution in [0.1, 0.15) is 37.0 Å². The molecule has 1 heterocycles. The van der Waals surface area contributed by atoms with Crippen LogP contribution in [-0.4, -0.2) is 55.3 Å². The Hall–Kier alpha value is -1.80. The van der Waals surface area contributed by atoms with Gasteiger partial charge in [-0.15, -0.1) is 0 Å². The molecule has 0 aliphatic carbocycles. The lowest BCUT2D eigenvalue weighted by molar-refractivity contribution is -0.137. The Balaban J connectivity index is 2.14. The molecule has 9 heteroatoms. The molecule has 0 unspecified atom stereocenters. The van der Waals surface area contributed by atoms with Crippen molar-refractivity contribution < 1.29 is 22.7 Å². The lowest BCUT2D eigenvalue weighted by Gasteiger charge is -2.33. The summed E-state index contributed by atoms with van der Waals surface area (Å²) in [5.74, 6) is -0.820. The standard InChI is InChI=1S/C17H23ClN2O5S/c1-3-11(2)20(13-6-7-26(23,24)10-13)16(21)9-25-15-5-4-12(18)8-14(15)17(19)22/h4-5,8,11,13H,3,6-7,9-10H2,1-2H3,(H2,19,22)/t11-,13-/m1/s1. The summed E-state index contributed by atoms with van der Waals surface area (Å²) in [6, 6.07) is 3.91. The van der Waals surface area contributed by atoms with Crippen LogP contribution in [0.4, 0.5) is 0 Å². The molecule has 7 nitrogen and oxygen atoms in total. The van der Waals surface area contributed by atoms with Gasteiger partial charge in [-0.25, -0.2) is 8.42 Å². The van der Waals surface area contributed by atoms with Crippen LogP contribution in [0.3, 0.4) is 0 Å². The average Bonchev–Trinajstić information content (AvgIpc) is 2.92. The zero-order valence-electron chi connectivity index (χ0n) is 14.8. The number of benzene rings is 1. The summed E-state index contributed by atoms with van der Waals surface area (Å²) in [4.78, 5) is 25.8. The second kappa shape index (κ2) is 8.26. The third-order valence-electron chi connectivity index (χ3n) is 4.51. The van der Waals surface area contributed by atoms with Crippen LogP contribution in [0.2, 0.25) is 5.02 Å². The molecule has 1 aromatic carbocycles. The largest absolute Gasteiger partial charge is 0.483 e. The Morgan fingerprint density at radius 1 is 1.42 bits per heavy atom. The summed E-state index contributed by atoms with van der Waals surface area (Å²) in [5, 5.41) is 0.329. The smallest absolute Gasteiger partial charge is 0.261 e. The topological polar surface area (TPSA) is 107 Å². The van der Waals surface area contributed by atoms with Crippen LogP contribution < -0.4 is 10.5 Å². The normalized spacial score (nSPS) is 19.7. The van der Waals surface area contributed by atoms with Crippen LogP contribution in [0.25, 0.3) is 0 Å². The predicted octanol–water partition coefficient (Wildman–Crippen LogP) is 1.63.